The Balaban J connectivity index is 1.91. The van der Waals surface area contributed by atoms with Crippen LogP contribution in [0.2, 0.25) is 0 Å². The van der Waals surface area contributed by atoms with Gasteiger partial charge in [0.25, 0.3) is 5.91 Å². The van der Waals surface area contributed by atoms with Gasteiger partial charge < -0.3 is 14.8 Å². The number of ether oxygens (including phenoxy) is 2. The third kappa shape index (κ3) is 5.70. The van der Waals surface area contributed by atoms with E-state index in [-0.39, 0.29) is 12.5 Å². The Morgan fingerprint density at radius 3 is 2.38 bits per heavy atom. The van der Waals surface area contributed by atoms with Gasteiger partial charge in [0.2, 0.25) is 0 Å². The molecule has 0 radical (unpaired) electrons. The fourth-order valence-corrected chi connectivity index (χ4v) is 2.37. The Hall–Kier alpha value is -2.34. The normalized spacial score (nSPS) is 11.4. The molecule has 0 aliphatic rings. The van der Waals surface area contributed by atoms with Crippen molar-refractivity contribution in [1.29, 1.82) is 0 Å². The first-order chi connectivity index (χ1) is 11.6. The minimum Gasteiger partial charge on any atom is -0.484 e. The lowest BCUT2D eigenvalue weighted by Gasteiger charge is -2.17. The van der Waals surface area contributed by atoms with Crippen molar-refractivity contribution in [2.75, 3.05) is 13.7 Å². The quantitative estimate of drug-likeness (QED) is 0.736. The maximum Gasteiger partial charge on any atom is 0.328 e. The summed E-state index contributed by atoms with van der Waals surface area (Å²) in [6, 6.07) is 15.8. The summed E-state index contributed by atoms with van der Waals surface area (Å²) in [5, 5.41) is 2.65. The summed E-state index contributed by atoms with van der Waals surface area (Å²) in [5.41, 5.74) is 0.932. The molecular weight excluding hydrogens is 374 g/mol. The zero-order valence-electron chi connectivity index (χ0n) is 13.2. The number of methoxy groups -OCH3 is 1. The SMILES string of the molecule is COC(=O)C(Cc1ccccc1)NC(=O)COc1ccc(Br)cc1. The summed E-state index contributed by atoms with van der Waals surface area (Å²) in [4.78, 5) is 23.9. The molecule has 5 nitrogen and oxygen atoms in total. The number of hydrogen-bond donors (Lipinski definition) is 1. The third-order valence-corrected chi connectivity index (χ3v) is 3.82. The van der Waals surface area contributed by atoms with E-state index in [2.05, 4.69) is 21.2 Å². The largest absolute Gasteiger partial charge is 0.484 e. The number of nitrogens with one attached hydrogen (secondary N) is 1. The molecule has 1 N–H and O–H groups in total. The van der Waals surface area contributed by atoms with Crippen molar-refractivity contribution in [2.45, 2.75) is 12.5 Å². The van der Waals surface area contributed by atoms with Gasteiger partial charge >= 0.3 is 5.97 Å². The number of hydrogen-bond acceptors (Lipinski definition) is 4. The predicted octanol–water partition coefficient (Wildman–Crippen LogP) is 2.73. The average molecular weight is 392 g/mol. The summed E-state index contributed by atoms with van der Waals surface area (Å²) < 4.78 is 11.1. The molecule has 24 heavy (non-hydrogen) atoms. The number of amides is 1. The number of rotatable bonds is 7. The van der Waals surface area contributed by atoms with Gasteiger partial charge in [0.15, 0.2) is 6.61 Å². The second-order valence-electron chi connectivity index (χ2n) is 5.08. The maximum absolute atomic E-state index is 12.1. The second-order valence-corrected chi connectivity index (χ2v) is 5.99. The molecule has 0 saturated carbocycles. The van der Waals surface area contributed by atoms with Crippen molar-refractivity contribution >= 4 is 27.8 Å². The molecule has 0 spiro atoms. The van der Waals surface area contributed by atoms with Crippen molar-refractivity contribution in [3.63, 3.8) is 0 Å². The van der Waals surface area contributed by atoms with Gasteiger partial charge in [-0.2, -0.15) is 0 Å². The lowest BCUT2D eigenvalue weighted by Crippen LogP contribution is -2.44. The van der Waals surface area contributed by atoms with Gasteiger partial charge in [0, 0.05) is 10.9 Å². The van der Waals surface area contributed by atoms with E-state index in [0.29, 0.717) is 12.2 Å². The molecule has 0 heterocycles. The molecule has 1 amide bonds. The van der Waals surface area contributed by atoms with Gasteiger partial charge in [0.1, 0.15) is 11.8 Å². The molecule has 1 atom stereocenters. The number of esters is 1. The minimum absolute atomic E-state index is 0.177. The van der Waals surface area contributed by atoms with Crippen LogP contribution in [0.4, 0.5) is 0 Å². The van der Waals surface area contributed by atoms with Crippen LogP contribution < -0.4 is 10.1 Å². The molecule has 0 bridgehead atoms. The molecule has 2 aromatic rings. The molecule has 0 aliphatic carbocycles. The average Bonchev–Trinajstić information content (AvgIpc) is 2.61. The standard InChI is InChI=1S/C18H18BrNO4/c1-23-18(22)16(11-13-5-3-2-4-6-13)20-17(21)12-24-15-9-7-14(19)8-10-15/h2-10,16H,11-12H2,1H3,(H,20,21). The summed E-state index contributed by atoms with van der Waals surface area (Å²) >= 11 is 3.33. The summed E-state index contributed by atoms with van der Waals surface area (Å²) in [5.74, 6) is -0.300. The first-order valence-electron chi connectivity index (χ1n) is 7.38. The van der Waals surface area contributed by atoms with E-state index in [1.54, 1.807) is 12.1 Å². The Kier molecular flexibility index (Phi) is 6.81. The van der Waals surface area contributed by atoms with Gasteiger partial charge in [-0.1, -0.05) is 46.3 Å². The zero-order valence-corrected chi connectivity index (χ0v) is 14.8. The van der Waals surface area contributed by atoms with Crippen LogP contribution in [0.25, 0.3) is 0 Å². The molecular formula is C18H18BrNO4. The molecule has 126 valence electrons. The van der Waals surface area contributed by atoms with Crippen LogP contribution >= 0.6 is 15.9 Å². The monoisotopic (exact) mass is 391 g/mol. The summed E-state index contributed by atoms with van der Waals surface area (Å²) in [6.45, 7) is -0.177. The second kappa shape index (κ2) is 9.08. The smallest absolute Gasteiger partial charge is 0.328 e. The Bertz CT molecular complexity index is 673. The van der Waals surface area contributed by atoms with Crippen LogP contribution in [-0.2, 0) is 20.7 Å². The van der Waals surface area contributed by atoms with Gasteiger partial charge in [-0.3, -0.25) is 4.79 Å². The maximum atomic E-state index is 12.1. The Morgan fingerprint density at radius 1 is 1.08 bits per heavy atom. The fraction of sp³-hybridized carbons (Fsp3) is 0.222. The molecule has 0 saturated heterocycles. The molecule has 6 heteroatoms. The van der Waals surface area contributed by atoms with E-state index in [9.17, 15) is 9.59 Å². The number of carbonyl (C=O) groups is 2. The third-order valence-electron chi connectivity index (χ3n) is 3.29. The van der Waals surface area contributed by atoms with Crippen LogP contribution in [0.15, 0.2) is 59.1 Å². The first-order valence-corrected chi connectivity index (χ1v) is 8.17. The minimum atomic E-state index is -0.751. The first kappa shape index (κ1) is 18.0. The predicted molar refractivity (Wildman–Crippen MR) is 93.7 cm³/mol. The highest BCUT2D eigenvalue weighted by Crippen LogP contribution is 2.15. The van der Waals surface area contributed by atoms with E-state index in [0.717, 1.165) is 10.0 Å². The van der Waals surface area contributed by atoms with Gasteiger partial charge in [-0.15, -0.1) is 0 Å². The molecule has 1 unspecified atom stereocenters. The fourth-order valence-electron chi connectivity index (χ4n) is 2.10. The number of carbonyl (C=O) groups excluding carboxylic acids is 2. The topological polar surface area (TPSA) is 64.6 Å². The highest BCUT2D eigenvalue weighted by molar-refractivity contribution is 9.10. The van der Waals surface area contributed by atoms with Crippen LogP contribution in [0.5, 0.6) is 5.75 Å². The molecule has 0 fully saturated rings. The van der Waals surface area contributed by atoms with Crippen molar-refractivity contribution in [2.24, 2.45) is 0 Å². The van der Waals surface area contributed by atoms with Crippen LogP contribution in [-0.4, -0.2) is 31.6 Å². The molecule has 0 aromatic heterocycles. The highest BCUT2D eigenvalue weighted by atomic mass is 79.9. The van der Waals surface area contributed by atoms with Crippen LogP contribution in [0.3, 0.4) is 0 Å². The summed E-state index contributed by atoms with van der Waals surface area (Å²) in [7, 11) is 1.30. The van der Waals surface area contributed by atoms with Gasteiger partial charge in [-0.05, 0) is 29.8 Å². The highest BCUT2D eigenvalue weighted by Gasteiger charge is 2.22. The van der Waals surface area contributed by atoms with E-state index in [1.807, 2.05) is 42.5 Å². The Morgan fingerprint density at radius 2 is 1.75 bits per heavy atom. The van der Waals surface area contributed by atoms with E-state index in [4.69, 9.17) is 9.47 Å². The Labute approximate surface area is 149 Å². The summed E-state index contributed by atoms with van der Waals surface area (Å²) in [6.07, 6.45) is 0.359. The van der Waals surface area contributed by atoms with Crippen LogP contribution in [0, 0.1) is 0 Å². The van der Waals surface area contributed by atoms with Crippen molar-refractivity contribution in [3.05, 3.63) is 64.6 Å². The van der Waals surface area contributed by atoms with E-state index in [1.165, 1.54) is 7.11 Å². The van der Waals surface area contributed by atoms with Crippen molar-refractivity contribution in [1.82, 2.24) is 5.32 Å². The molecule has 2 aromatic carbocycles. The van der Waals surface area contributed by atoms with E-state index < -0.39 is 12.0 Å². The van der Waals surface area contributed by atoms with Crippen LogP contribution in [0.1, 0.15) is 5.56 Å². The van der Waals surface area contributed by atoms with Gasteiger partial charge in [0.05, 0.1) is 7.11 Å². The number of benzene rings is 2. The van der Waals surface area contributed by atoms with Crippen molar-refractivity contribution in [3.8, 4) is 5.75 Å². The van der Waals surface area contributed by atoms with Gasteiger partial charge in [-0.25, -0.2) is 4.79 Å². The molecule has 2 rings (SSSR count). The van der Waals surface area contributed by atoms with Crippen molar-refractivity contribution < 1.29 is 19.1 Å². The lowest BCUT2D eigenvalue weighted by atomic mass is 10.1. The molecule has 0 aliphatic heterocycles. The van der Waals surface area contributed by atoms with E-state index >= 15 is 0 Å². The zero-order chi connectivity index (χ0) is 17.4. The lowest BCUT2D eigenvalue weighted by molar-refractivity contribution is -0.145. The number of halogens is 1.